The third-order valence-corrected chi connectivity index (χ3v) is 11.9. The molecule has 0 bridgehead atoms. The molecule has 0 spiro atoms. The van der Waals surface area contributed by atoms with Gasteiger partial charge in [-0.25, -0.2) is 0 Å². The van der Waals surface area contributed by atoms with E-state index in [1.807, 2.05) is 0 Å². The van der Waals surface area contributed by atoms with Gasteiger partial charge < -0.3 is 9.13 Å². The van der Waals surface area contributed by atoms with E-state index in [-0.39, 0.29) is 0 Å². The van der Waals surface area contributed by atoms with Crippen LogP contribution in [0.15, 0.2) is 206 Å². The Morgan fingerprint density at radius 2 is 0.714 bits per heavy atom. The van der Waals surface area contributed by atoms with Crippen molar-refractivity contribution in [3.63, 3.8) is 0 Å². The van der Waals surface area contributed by atoms with Gasteiger partial charge in [0.1, 0.15) is 0 Å². The van der Waals surface area contributed by atoms with Crippen molar-refractivity contribution in [2.24, 2.45) is 0 Å². The summed E-state index contributed by atoms with van der Waals surface area (Å²) in [5.41, 5.74) is 12.0. The quantitative estimate of drug-likeness (QED) is 0.161. The van der Waals surface area contributed by atoms with Crippen molar-refractivity contribution >= 4 is 75.9 Å². The lowest BCUT2D eigenvalue weighted by molar-refractivity contribution is 1.18. The number of rotatable bonds is 4. The largest absolute Gasteiger partial charge is 0.309 e. The van der Waals surface area contributed by atoms with Crippen LogP contribution in [-0.4, -0.2) is 9.13 Å². The van der Waals surface area contributed by atoms with Crippen molar-refractivity contribution in [1.29, 1.82) is 0 Å². The molecule has 56 heavy (non-hydrogen) atoms. The highest BCUT2D eigenvalue weighted by atomic mass is 15.0. The van der Waals surface area contributed by atoms with Crippen molar-refractivity contribution in [3.05, 3.63) is 206 Å². The number of benzene rings is 10. The molecule has 0 radical (unpaired) electrons. The van der Waals surface area contributed by atoms with Gasteiger partial charge in [-0.2, -0.15) is 0 Å². The molecule has 0 aliphatic carbocycles. The normalized spacial score (nSPS) is 11.9. The summed E-state index contributed by atoms with van der Waals surface area (Å²) in [5, 5.41) is 12.7. The van der Waals surface area contributed by atoms with E-state index in [0.29, 0.717) is 0 Å². The molecule has 0 aliphatic heterocycles. The first-order valence-electron chi connectivity index (χ1n) is 19.4. The highest BCUT2D eigenvalue weighted by Gasteiger charge is 2.21. The van der Waals surface area contributed by atoms with Gasteiger partial charge in [-0.1, -0.05) is 164 Å². The second-order valence-corrected chi connectivity index (χ2v) is 14.9. The topological polar surface area (TPSA) is 9.86 Å². The number of hydrogen-bond donors (Lipinski definition) is 0. The molecule has 260 valence electrons. The van der Waals surface area contributed by atoms with E-state index in [4.69, 9.17) is 0 Å². The van der Waals surface area contributed by atoms with Crippen LogP contribution in [0.1, 0.15) is 0 Å². The van der Waals surface area contributed by atoms with Crippen LogP contribution < -0.4 is 0 Å². The Morgan fingerprint density at radius 3 is 1.41 bits per heavy atom. The summed E-state index contributed by atoms with van der Waals surface area (Å²) in [7, 11) is 0. The minimum Gasteiger partial charge on any atom is -0.309 e. The molecule has 12 aromatic rings. The van der Waals surface area contributed by atoms with E-state index in [1.165, 1.54) is 98.2 Å². The Labute approximate surface area is 323 Å². The number of aromatic nitrogens is 2. The standard InChI is InChI=1S/C54H34N2/c1-2-13-35(14-3-1)36-25-27-37(28-26-36)38-15-12-16-39(33-38)55-51-24-11-9-22-48(51)53-52(55)32-31-47-46-21-8-10-23-50(46)56(54(47)53)40-29-30-45-43-19-5-4-17-41(43)42-18-6-7-20-44(42)49(45)34-40/h1-34H. The third-order valence-electron chi connectivity index (χ3n) is 11.9. The molecule has 2 nitrogen and oxygen atoms in total. The fourth-order valence-electron chi connectivity index (χ4n) is 9.40. The van der Waals surface area contributed by atoms with Crippen molar-refractivity contribution in [2.75, 3.05) is 0 Å². The second-order valence-electron chi connectivity index (χ2n) is 14.9. The Hall–Kier alpha value is -7.42. The molecule has 10 aromatic carbocycles. The van der Waals surface area contributed by atoms with Crippen LogP contribution in [0, 0.1) is 0 Å². The first-order chi connectivity index (χ1) is 27.8. The molecule has 0 N–H and O–H groups in total. The maximum atomic E-state index is 2.51. The van der Waals surface area contributed by atoms with E-state index >= 15 is 0 Å². The van der Waals surface area contributed by atoms with E-state index in [2.05, 4.69) is 215 Å². The summed E-state index contributed by atoms with van der Waals surface area (Å²) in [4.78, 5) is 0. The Balaban J connectivity index is 1.11. The zero-order valence-corrected chi connectivity index (χ0v) is 30.5. The number of nitrogens with zero attached hydrogens (tertiary/aromatic N) is 2. The Bertz CT molecular complexity index is 3480. The van der Waals surface area contributed by atoms with Gasteiger partial charge in [-0.15, -0.1) is 0 Å². The van der Waals surface area contributed by atoms with Gasteiger partial charge in [-0.05, 0) is 97.0 Å². The van der Waals surface area contributed by atoms with Crippen LogP contribution in [0.2, 0.25) is 0 Å². The molecule has 12 rings (SSSR count). The minimum atomic E-state index is 1.15. The lowest BCUT2D eigenvalue weighted by Gasteiger charge is -2.14. The average Bonchev–Trinajstić information content (AvgIpc) is 3.80. The third kappa shape index (κ3) is 4.50. The summed E-state index contributed by atoms with van der Waals surface area (Å²) in [6, 6.07) is 75.7. The number of fused-ring (bicyclic) bond motifs is 13. The van der Waals surface area contributed by atoms with Gasteiger partial charge in [0.05, 0.1) is 22.1 Å². The molecule has 0 fully saturated rings. The van der Waals surface area contributed by atoms with Gasteiger partial charge in [0.25, 0.3) is 0 Å². The lowest BCUT2D eigenvalue weighted by Crippen LogP contribution is -1.96. The molecule has 2 heterocycles. The summed E-state index contributed by atoms with van der Waals surface area (Å²) < 4.78 is 4.96. The van der Waals surface area contributed by atoms with Crippen molar-refractivity contribution in [2.45, 2.75) is 0 Å². The zero-order chi connectivity index (χ0) is 36.7. The molecular formula is C54H34N2. The molecule has 2 heteroatoms. The van der Waals surface area contributed by atoms with E-state index in [0.717, 1.165) is 11.4 Å². The fourth-order valence-corrected chi connectivity index (χ4v) is 9.40. The Morgan fingerprint density at radius 1 is 0.232 bits per heavy atom. The van der Waals surface area contributed by atoms with Gasteiger partial charge in [0.2, 0.25) is 0 Å². The van der Waals surface area contributed by atoms with Crippen LogP contribution in [0.3, 0.4) is 0 Å². The van der Waals surface area contributed by atoms with Crippen molar-refractivity contribution in [1.82, 2.24) is 9.13 Å². The van der Waals surface area contributed by atoms with E-state index < -0.39 is 0 Å². The van der Waals surface area contributed by atoms with Gasteiger partial charge >= 0.3 is 0 Å². The fraction of sp³-hybridized carbons (Fsp3) is 0. The number of para-hydroxylation sites is 2. The highest BCUT2D eigenvalue weighted by Crippen LogP contribution is 2.43. The monoisotopic (exact) mass is 710 g/mol. The van der Waals surface area contributed by atoms with E-state index in [1.54, 1.807) is 0 Å². The maximum Gasteiger partial charge on any atom is 0.0641 e. The van der Waals surface area contributed by atoms with E-state index in [9.17, 15) is 0 Å². The molecule has 0 amide bonds. The average molecular weight is 711 g/mol. The van der Waals surface area contributed by atoms with Gasteiger partial charge in [-0.3, -0.25) is 0 Å². The van der Waals surface area contributed by atoms with Crippen LogP contribution >= 0.6 is 0 Å². The highest BCUT2D eigenvalue weighted by molar-refractivity contribution is 6.28. The Kier molecular flexibility index (Phi) is 6.66. The first-order valence-corrected chi connectivity index (χ1v) is 19.4. The lowest BCUT2D eigenvalue weighted by atomic mass is 9.94. The van der Waals surface area contributed by atoms with Crippen LogP contribution in [-0.2, 0) is 0 Å². The first kappa shape index (κ1) is 31.0. The smallest absolute Gasteiger partial charge is 0.0641 e. The summed E-state index contributed by atoms with van der Waals surface area (Å²) in [5.74, 6) is 0. The van der Waals surface area contributed by atoms with Crippen LogP contribution in [0.4, 0.5) is 0 Å². The molecule has 2 aromatic heterocycles. The van der Waals surface area contributed by atoms with Crippen LogP contribution in [0.25, 0.3) is 110 Å². The molecule has 0 aliphatic rings. The predicted octanol–water partition coefficient (Wildman–Crippen LogP) is 14.7. The predicted molar refractivity (Wildman–Crippen MR) is 239 cm³/mol. The van der Waals surface area contributed by atoms with Crippen molar-refractivity contribution in [3.8, 4) is 33.6 Å². The zero-order valence-electron chi connectivity index (χ0n) is 30.5. The minimum absolute atomic E-state index is 1.15. The summed E-state index contributed by atoms with van der Waals surface area (Å²) in [6.07, 6.45) is 0. The SMILES string of the molecule is c1ccc(-c2ccc(-c3cccc(-n4c5ccccc5c5c4ccc4c6ccccc6n(-c6ccc7c8ccccc8c8ccccc8c7c6)c45)c3)cc2)cc1. The molecule has 0 atom stereocenters. The second kappa shape index (κ2) is 12.0. The molecular weight excluding hydrogens is 677 g/mol. The van der Waals surface area contributed by atoms with Crippen molar-refractivity contribution < 1.29 is 0 Å². The molecule has 0 unspecified atom stereocenters. The van der Waals surface area contributed by atoms with Gasteiger partial charge in [0.15, 0.2) is 0 Å². The molecule has 0 saturated heterocycles. The van der Waals surface area contributed by atoms with Gasteiger partial charge in [0, 0.05) is 32.9 Å². The summed E-state index contributed by atoms with van der Waals surface area (Å²) >= 11 is 0. The number of hydrogen-bond acceptors (Lipinski definition) is 0. The maximum absolute atomic E-state index is 2.51. The summed E-state index contributed by atoms with van der Waals surface area (Å²) in [6.45, 7) is 0. The molecule has 0 saturated carbocycles. The van der Waals surface area contributed by atoms with Crippen LogP contribution in [0.5, 0.6) is 0 Å².